The zero-order chi connectivity index (χ0) is 11.1. The van der Waals surface area contributed by atoms with Crippen LogP contribution in [0.3, 0.4) is 0 Å². The number of rotatable bonds is 9. The fraction of sp³-hybridized carbons (Fsp3) is 1.00. The maximum atomic E-state index is 5.91. The van der Waals surface area contributed by atoms with Gasteiger partial charge < -0.3 is 5.73 Å². The second kappa shape index (κ2) is 7.24. The van der Waals surface area contributed by atoms with Crippen molar-refractivity contribution >= 4 is 0 Å². The summed E-state index contributed by atoms with van der Waals surface area (Å²) in [5.41, 5.74) is 5.91. The lowest BCUT2D eigenvalue weighted by Crippen LogP contribution is -2.42. The molecule has 1 saturated carbocycles. The molecule has 90 valence electrons. The lowest BCUT2D eigenvalue weighted by molar-refractivity contribution is 0.178. The minimum atomic E-state index is 0.656. The quantitative estimate of drug-likeness (QED) is 0.595. The molecule has 1 fully saturated rings. The molecular weight excluding hydrogens is 184 g/mol. The van der Waals surface area contributed by atoms with Gasteiger partial charge in [-0.2, -0.15) is 0 Å². The first-order chi connectivity index (χ1) is 7.33. The van der Waals surface area contributed by atoms with Gasteiger partial charge in [0.1, 0.15) is 0 Å². The maximum absolute atomic E-state index is 5.91. The molecule has 1 unspecified atom stereocenters. The van der Waals surface area contributed by atoms with Crippen LogP contribution in [-0.2, 0) is 0 Å². The topological polar surface area (TPSA) is 29.3 Å². The van der Waals surface area contributed by atoms with E-state index in [-0.39, 0.29) is 0 Å². The van der Waals surface area contributed by atoms with Gasteiger partial charge in [0.2, 0.25) is 0 Å². The van der Waals surface area contributed by atoms with E-state index in [9.17, 15) is 0 Å². The van der Waals surface area contributed by atoms with Gasteiger partial charge in [0, 0.05) is 18.6 Å². The highest BCUT2D eigenvalue weighted by Gasteiger charge is 2.32. The molecule has 0 aromatic carbocycles. The normalized spacial score (nSPS) is 18.4. The second-order valence-electron chi connectivity index (χ2n) is 4.85. The van der Waals surface area contributed by atoms with Crippen LogP contribution in [0.1, 0.15) is 58.8 Å². The Hall–Kier alpha value is -0.0800. The van der Waals surface area contributed by atoms with E-state index >= 15 is 0 Å². The predicted molar refractivity (Wildman–Crippen MR) is 67.0 cm³/mol. The van der Waals surface area contributed by atoms with Crippen molar-refractivity contribution < 1.29 is 0 Å². The number of nitrogens with two attached hydrogens (primary N) is 1. The Kier molecular flexibility index (Phi) is 6.26. The summed E-state index contributed by atoms with van der Waals surface area (Å²) in [7, 11) is 0. The highest BCUT2D eigenvalue weighted by molar-refractivity contribution is 4.88. The van der Waals surface area contributed by atoms with Crippen LogP contribution in [0, 0.1) is 0 Å². The van der Waals surface area contributed by atoms with Crippen LogP contribution in [0.4, 0.5) is 0 Å². The van der Waals surface area contributed by atoms with E-state index < -0.39 is 0 Å². The molecule has 1 aliphatic rings. The summed E-state index contributed by atoms with van der Waals surface area (Å²) in [6, 6.07) is 1.53. The van der Waals surface area contributed by atoms with Crippen molar-refractivity contribution in [3.8, 4) is 0 Å². The standard InChI is InChI=1S/C13H28N2/c1-3-5-6-7-13(11-14)15(10-4-2)12-8-9-12/h12-13H,3-11,14H2,1-2H3. The molecule has 0 saturated heterocycles. The molecule has 0 spiro atoms. The minimum Gasteiger partial charge on any atom is -0.329 e. The molecule has 2 heteroatoms. The van der Waals surface area contributed by atoms with E-state index in [2.05, 4.69) is 18.7 Å². The third kappa shape index (κ3) is 4.52. The Morgan fingerprint density at radius 1 is 1.20 bits per heavy atom. The first-order valence-corrected chi connectivity index (χ1v) is 6.79. The van der Waals surface area contributed by atoms with Gasteiger partial charge in [-0.3, -0.25) is 4.90 Å². The molecule has 1 atom stereocenters. The second-order valence-corrected chi connectivity index (χ2v) is 4.85. The van der Waals surface area contributed by atoms with Crippen molar-refractivity contribution in [2.45, 2.75) is 70.9 Å². The van der Waals surface area contributed by atoms with Crippen LogP contribution >= 0.6 is 0 Å². The molecule has 0 bridgehead atoms. The molecule has 0 aromatic heterocycles. The Labute approximate surface area is 95.2 Å². The number of hydrogen-bond donors (Lipinski definition) is 1. The van der Waals surface area contributed by atoms with Crippen molar-refractivity contribution in [1.82, 2.24) is 4.90 Å². The molecule has 1 aliphatic carbocycles. The monoisotopic (exact) mass is 212 g/mol. The number of nitrogens with zero attached hydrogens (tertiary/aromatic N) is 1. The molecular formula is C13H28N2. The summed E-state index contributed by atoms with van der Waals surface area (Å²) in [4.78, 5) is 2.68. The van der Waals surface area contributed by atoms with Crippen LogP contribution in [0.15, 0.2) is 0 Å². The average Bonchev–Trinajstić information content (AvgIpc) is 3.06. The maximum Gasteiger partial charge on any atom is 0.0221 e. The Balaban J connectivity index is 2.31. The van der Waals surface area contributed by atoms with Crippen LogP contribution in [0.2, 0.25) is 0 Å². The van der Waals surface area contributed by atoms with E-state index in [1.165, 1.54) is 51.5 Å². The van der Waals surface area contributed by atoms with Crippen LogP contribution in [0.25, 0.3) is 0 Å². The first-order valence-electron chi connectivity index (χ1n) is 6.79. The van der Waals surface area contributed by atoms with Crippen molar-refractivity contribution in [3.05, 3.63) is 0 Å². The van der Waals surface area contributed by atoms with Crippen molar-refractivity contribution in [2.24, 2.45) is 5.73 Å². The van der Waals surface area contributed by atoms with E-state index in [0.717, 1.165) is 12.6 Å². The first kappa shape index (κ1) is 13.0. The highest BCUT2D eigenvalue weighted by atomic mass is 15.2. The van der Waals surface area contributed by atoms with E-state index in [1.807, 2.05) is 0 Å². The highest BCUT2D eigenvalue weighted by Crippen LogP contribution is 2.29. The smallest absolute Gasteiger partial charge is 0.0221 e. The van der Waals surface area contributed by atoms with Crippen LogP contribution in [-0.4, -0.2) is 30.1 Å². The van der Waals surface area contributed by atoms with Gasteiger partial charge in [-0.25, -0.2) is 0 Å². The van der Waals surface area contributed by atoms with Crippen LogP contribution < -0.4 is 5.73 Å². The van der Waals surface area contributed by atoms with Gasteiger partial charge in [0.15, 0.2) is 0 Å². The molecule has 0 amide bonds. The molecule has 0 aromatic rings. The Morgan fingerprint density at radius 3 is 2.40 bits per heavy atom. The van der Waals surface area contributed by atoms with E-state index in [1.54, 1.807) is 0 Å². The summed E-state index contributed by atoms with van der Waals surface area (Å²) in [5.74, 6) is 0. The Morgan fingerprint density at radius 2 is 1.93 bits per heavy atom. The third-order valence-corrected chi connectivity index (χ3v) is 3.38. The summed E-state index contributed by atoms with van der Waals surface area (Å²) in [5, 5.41) is 0. The van der Waals surface area contributed by atoms with E-state index in [0.29, 0.717) is 6.04 Å². The molecule has 0 aliphatic heterocycles. The number of hydrogen-bond acceptors (Lipinski definition) is 2. The molecule has 1 rings (SSSR count). The molecule has 2 nitrogen and oxygen atoms in total. The fourth-order valence-corrected chi connectivity index (χ4v) is 2.38. The number of unbranched alkanes of at least 4 members (excludes halogenated alkanes) is 2. The summed E-state index contributed by atoms with van der Waals surface area (Å²) in [6.07, 6.45) is 9.41. The molecule has 0 radical (unpaired) electrons. The summed E-state index contributed by atoms with van der Waals surface area (Å²) >= 11 is 0. The van der Waals surface area contributed by atoms with Gasteiger partial charge in [-0.1, -0.05) is 33.1 Å². The van der Waals surface area contributed by atoms with E-state index in [4.69, 9.17) is 5.73 Å². The Bertz CT molecular complexity index is 155. The van der Waals surface area contributed by atoms with Crippen LogP contribution in [0.5, 0.6) is 0 Å². The van der Waals surface area contributed by atoms with Crippen molar-refractivity contribution in [1.29, 1.82) is 0 Å². The van der Waals surface area contributed by atoms with Gasteiger partial charge in [0.25, 0.3) is 0 Å². The zero-order valence-corrected chi connectivity index (χ0v) is 10.5. The molecule has 2 N–H and O–H groups in total. The summed E-state index contributed by atoms with van der Waals surface area (Å²) < 4.78 is 0. The predicted octanol–water partition coefficient (Wildman–Crippen LogP) is 2.77. The molecule has 15 heavy (non-hydrogen) atoms. The lowest BCUT2D eigenvalue weighted by atomic mass is 10.1. The zero-order valence-electron chi connectivity index (χ0n) is 10.5. The third-order valence-electron chi connectivity index (χ3n) is 3.38. The van der Waals surface area contributed by atoms with Gasteiger partial charge >= 0.3 is 0 Å². The SMILES string of the molecule is CCCCCC(CN)N(CCC)C1CC1. The largest absolute Gasteiger partial charge is 0.329 e. The fourth-order valence-electron chi connectivity index (χ4n) is 2.38. The van der Waals surface area contributed by atoms with Gasteiger partial charge in [-0.05, 0) is 32.2 Å². The van der Waals surface area contributed by atoms with Crippen molar-refractivity contribution in [2.75, 3.05) is 13.1 Å². The summed E-state index contributed by atoms with van der Waals surface area (Å²) in [6.45, 7) is 6.63. The lowest BCUT2D eigenvalue weighted by Gasteiger charge is -2.30. The van der Waals surface area contributed by atoms with Gasteiger partial charge in [0.05, 0.1) is 0 Å². The minimum absolute atomic E-state index is 0.656. The van der Waals surface area contributed by atoms with Gasteiger partial charge in [-0.15, -0.1) is 0 Å². The average molecular weight is 212 g/mol. The molecule has 0 heterocycles. The van der Waals surface area contributed by atoms with Crippen molar-refractivity contribution in [3.63, 3.8) is 0 Å².